The second kappa shape index (κ2) is 11.2. The Hall–Kier alpha value is -1.75. The Bertz CT molecular complexity index is 699. The molecule has 0 aliphatic heterocycles. The number of imidazole rings is 1. The molecule has 2 atom stereocenters. The van der Waals surface area contributed by atoms with Crippen molar-refractivity contribution in [2.75, 3.05) is 5.75 Å². The molecule has 1 heterocycles. The number of nitrogens with zero attached hydrogens (tertiary/aromatic N) is 2. The molecule has 0 aliphatic carbocycles. The Kier molecular flexibility index (Phi) is 8.92. The first-order valence-corrected chi connectivity index (χ1v) is 10.7. The molecular formula is C22H33N3OS. The van der Waals surface area contributed by atoms with Crippen molar-refractivity contribution in [3.05, 3.63) is 53.6 Å². The van der Waals surface area contributed by atoms with E-state index in [1.165, 1.54) is 5.56 Å². The van der Waals surface area contributed by atoms with Gasteiger partial charge in [-0.3, -0.25) is 4.79 Å². The minimum atomic E-state index is -0.0524. The quantitative estimate of drug-likeness (QED) is 0.558. The number of carbonyl (C=O) groups excluding carboxylic acids is 1. The number of rotatable bonds is 11. The van der Waals surface area contributed by atoms with Crippen LogP contribution in [0.2, 0.25) is 0 Å². The lowest BCUT2D eigenvalue weighted by Gasteiger charge is -2.20. The lowest BCUT2D eigenvalue weighted by Crippen LogP contribution is -2.35. The molecule has 0 saturated carbocycles. The van der Waals surface area contributed by atoms with Gasteiger partial charge >= 0.3 is 0 Å². The minimum absolute atomic E-state index is 0.0524. The van der Waals surface area contributed by atoms with Crippen molar-refractivity contribution < 1.29 is 4.79 Å². The molecule has 0 radical (unpaired) electrons. The van der Waals surface area contributed by atoms with Crippen LogP contribution in [0.5, 0.6) is 0 Å². The molecule has 1 aromatic heterocycles. The van der Waals surface area contributed by atoms with Crippen molar-refractivity contribution in [2.24, 2.45) is 11.8 Å². The molecular weight excluding hydrogens is 354 g/mol. The number of hydrogen-bond donors (Lipinski definition) is 2. The van der Waals surface area contributed by atoms with Gasteiger partial charge in [0.15, 0.2) is 0 Å². The fourth-order valence-electron chi connectivity index (χ4n) is 3.20. The van der Waals surface area contributed by atoms with Gasteiger partial charge in [-0.2, -0.15) is 12.6 Å². The molecule has 2 rings (SSSR count). The Morgan fingerprint density at radius 1 is 1.26 bits per heavy atom. The Labute approximate surface area is 169 Å². The molecule has 1 amide bonds. The van der Waals surface area contributed by atoms with Crippen molar-refractivity contribution in [1.82, 2.24) is 14.9 Å². The van der Waals surface area contributed by atoms with Crippen molar-refractivity contribution >= 4 is 18.5 Å². The largest absolute Gasteiger partial charge is 0.350 e. The van der Waals surface area contributed by atoms with Crippen LogP contribution in [0.15, 0.2) is 36.5 Å². The van der Waals surface area contributed by atoms with Gasteiger partial charge in [-0.05, 0) is 17.9 Å². The van der Waals surface area contributed by atoms with Crippen molar-refractivity contribution in [3.63, 3.8) is 0 Å². The molecule has 148 valence electrons. The molecule has 2 aromatic rings. The van der Waals surface area contributed by atoms with Crippen molar-refractivity contribution in [2.45, 2.75) is 59.5 Å². The number of unbranched alkanes of at least 4 members (excludes halogenated alkanes) is 1. The molecule has 0 saturated heterocycles. The van der Waals surface area contributed by atoms with Gasteiger partial charge in [0.05, 0.1) is 18.4 Å². The summed E-state index contributed by atoms with van der Waals surface area (Å²) in [7, 11) is 0. The van der Waals surface area contributed by atoms with Gasteiger partial charge < -0.3 is 9.88 Å². The smallest absolute Gasteiger partial charge is 0.224 e. The Balaban J connectivity index is 2.13. The first kappa shape index (κ1) is 21.5. The number of carbonyl (C=O) groups is 1. The van der Waals surface area contributed by atoms with E-state index < -0.39 is 0 Å². The standard InChI is InChI=1S/C22H33N3OS/c1-4-6-12-21-23-13-19(25(21)15-18-10-8-7-9-11-18)14-24-22(26)20(16-27)17(3)5-2/h7-11,13,17,20,27H,4-6,12,14-16H2,1-3H3,(H,24,26). The van der Waals surface area contributed by atoms with E-state index >= 15 is 0 Å². The highest BCUT2D eigenvalue weighted by molar-refractivity contribution is 7.80. The zero-order valence-corrected chi connectivity index (χ0v) is 17.7. The lowest BCUT2D eigenvalue weighted by molar-refractivity contribution is -0.125. The van der Waals surface area contributed by atoms with Gasteiger partial charge in [0.1, 0.15) is 5.82 Å². The highest BCUT2D eigenvalue weighted by Crippen LogP contribution is 2.18. The minimum Gasteiger partial charge on any atom is -0.350 e. The first-order valence-electron chi connectivity index (χ1n) is 10.1. The highest BCUT2D eigenvalue weighted by atomic mass is 32.1. The zero-order valence-electron chi connectivity index (χ0n) is 16.8. The van der Waals surface area contributed by atoms with E-state index in [2.05, 4.69) is 72.5 Å². The molecule has 1 aromatic carbocycles. The summed E-state index contributed by atoms with van der Waals surface area (Å²) in [5, 5.41) is 3.11. The van der Waals surface area contributed by atoms with Crippen LogP contribution >= 0.6 is 12.6 Å². The zero-order chi connectivity index (χ0) is 19.6. The number of aromatic nitrogens is 2. The van der Waals surface area contributed by atoms with Crippen LogP contribution in [0.4, 0.5) is 0 Å². The lowest BCUT2D eigenvalue weighted by atomic mass is 9.92. The second-order valence-electron chi connectivity index (χ2n) is 7.23. The summed E-state index contributed by atoms with van der Waals surface area (Å²) >= 11 is 4.38. The summed E-state index contributed by atoms with van der Waals surface area (Å²) in [6, 6.07) is 10.4. The van der Waals surface area contributed by atoms with Crippen LogP contribution in [-0.4, -0.2) is 21.2 Å². The van der Waals surface area contributed by atoms with E-state index in [1.54, 1.807) is 0 Å². The third-order valence-electron chi connectivity index (χ3n) is 5.27. The van der Waals surface area contributed by atoms with Crippen LogP contribution in [0, 0.1) is 11.8 Å². The van der Waals surface area contributed by atoms with E-state index in [-0.39, 0.29) is 11.8 Å². The monoisotopic (exact) mass is 387 g/mol. The van der Waals surface area contributed by atoms with E-state index in [1.807, 2.05) is 12.3 Å². The Morgan fingerprint density at radius 3 is 2.63 bits per heavy atom. The van der Waals surface area contributed by atoms with Crippen LogP contribution in [0.25, 0.3) is 0 Å². The summed E-state index contributed by atoms with van der Waals surface area (Å²) in [5.41, 5.74) is 2.30. The number of amides is 1. The summed E-state index contributed by atoms with van der Waals surface area (Å²) in [6.45, 7) is 7.71. The average molecular weight is 388 g/mol. The third kappa shape index (κ3) is 6.13. The summed E-state index contributed by atoms with van der Waals surface area (Å²) in [5.74, 6) is 2.03. The van der Waals surface area contributed by atoms with Gasteiger partial charge in [0.25, 0.3) is 0 Å². The molecule has 0 spiro atoms. The van der Waals surface area contributed by atoms with E-state index in [9.17, 15) is 4.79 Å². The second-order valence-corrected chi connectivity index (χ2v) is 7.60. The van der Waals surface area contributed by atoms with Crippen molar-refractivity contribution in [1.29, 1.82) is 0 Å². The molecule has 0 aliphatic rings. The predicted molar refractivity (Wildman–Crippen MR) is 115 cm³/mol. The van der Waals surface area contributed by atoms with Gasteiger partial charge in [-0.1, -0.05) is 63.9 Å². The maximum absolute atomic E-state index is 12.6. The summed E-state index contributed by atoms with van der Waals surface area (Å²) in [6.07, 6.45) is 6.11. The summed E-state index contributed by atoms with van der Waals surface area (Å²) < 4.78 is 2.25. The number of aryl methyl sites for hydroxylation is 1. The van der Waals surface area contributed by atoms with Gasteiger partial charge in [0, 0.05) is 24.6 Å². The normalized spacial score (nSPS) is 13.3. The SMILES string of the molecule is CCCCc1ncc(CNC(=O)C(CS)C(C)CC)n1Cc1ccccc1. The predicted octanol–water partition coefficient (Wildman–Crippen LogP) is 4.48. The topological polar surface area (TPSA) is 46.9 Å². The first-order chi connectivity index (χ1) is 13.1. The van der Waals surface area contributed by atoms with Gasteiger partial charge in [0.2, 0.25) is 5.91 Å². The molecule has 1 N–H and O–H groups in total. The molecule has 4 nitrogen and oxygen atoms in total. The van der Waals surface area contributed by atoms with Crippen LogP contribution < -0.4 is 5.32 Å². The summed E-state index contributed by atoms with van der Waals surface area (Å²) in [4.78, 5) is 17.2. The number of benzene rings is 1. The van der Waals surface area contributed by atoms with E-state index in [4.69, 9.17) is 0 Å². The fourth-order valence-corrected chi connectivity index (χ4v) is 3.73. The van der Waals surface area contributed by atoms with Gasteiger partial charge in [-0.25, -0.2) is 4.98 Å². The van der Waals surface area contributed by atoms with E-state index in [0.29, 0.717) is 18.2 Å². The third-order valence-corrected chi connectivity index (χ3v) is 5.66. The van der Waals surface area contributed by atoms with Crippen molar-refractivity contribution in [3.8, 4) is 0 Å². The molecule has 2 unspecified atom stereocenters. The van der Waals surface area contributed by atoms with Crippen LogP contribution in [0.3, 0.4) is 0 Å². The molecule has 27 heavy (non-hydrogen) atoms. The molecule has 0 fully saturated rings. The fraction of sp³-hybridized carbons (Fsp3) is 0.545. The Morgan fingerprint density at radius 2 is 2.00 bits per heavy atom. The number of thiol groups is 1. The van der Waals surface area contributed by atoms with E-state index in [0.717, 1.165) is 43.7 Å². The maximum atomic E-state index is 12.6. The molecule has 5 heteroatoms. The number of nitrogens with one attached hydrogen (secondary N) is 1. The van der Waals surface area contributed by atoms with Crippen LogP contribution in [-0.2, 0) is 24.3 Å². The number of hydrogen-bond acceptors (Lipinski definition) is 3. The maximum Gasteiger partial charge on any atom is 0.224 e. The molecule has 0 bridgehead atoms. The highest BCUT2D eigenvalue weighted by Gasteiger charge is 2.22. The van der Waals surface area contributed by atoms with Crippen LogP contribution in [0.1, 0.15) is 57.1 Å². The van der Waals surface area contributed by atoms with Gasteiger partial charge in [-0.15, -0.1) is 0 Å². The average Bonchev–Trinajstić information content (AvgIpc) is 3.07.